The molecular formula is C14H17N3O. The highest BCUT2D eigenvalue weighted by atomic mass is 16.1. The number of aryl methyl sites for hydroxylation is 3. The number of nitrogens with one attached hydrogen (secondary N) is 2. The summed E-state index contributed by atoms with van der Waals surface area (Å²) in [6.07, 6.45) is 0.742. The molecule has 0 aliphatic rings. The Morgan fingerprint density at radius 3 is 2.72 bits per heavy atom. The van der Waals surface area contributed by atoms with E-state index in [0.29, 0.717) is 5.95 Å². The molecular weight excluding hydrogens is 226 g/mol. The van der Waals surface area contributed by atoms with Gasteiger partial charge in [-0.2, -0.15) is 0 Å². The van der Waals surface area contributed by atoms with E-state index in [1.165, 1.54) is 11.6 Å². The lowest BCUT2D eigenvalue weighted by atomic mass is 10.1. The fourth-order valence-corrected chi connectivity index (χ4v) is 1.83. The first-order valence-corrected chi connectivity index (χ1v) is 6.03. The quantitative estimate of drug-likeness (QED) is 0.871. The Hall–Kier alpha value is -2.10. The van der Waals surface area contributed by atoms with Gasteiger partial charge < -0.3 is 5.32 Å². The Morgan fingerprint density at radius 2 is 2.06 bits per heavy atom. The van der Waals surface area contributed by atoms with E-state index in [2.05, 4.69) is 28.3 Å². The third kappa shape index (κ3) is 2.77. The van der Waals surface area contributed by atoms with E-state index >= 15 is 0 Å². The van der Waals surface area contributed by atoms with Crippen molar-refractivity contribution < 1.29 is 0 Å². The number of H-pyrrole nitrogens is 1. The Kier molecular flexibility index (Phi) is 3.46. The first-order chi connectivity index (χ1) is 8.58. The SMILES string of the molecule is CCc1cc(=O)[nH]c(Nc2ccc(C)cc2C)n1. The first kappa shape index (κ1) is 12.4. The molecule has 1 aromatic heterocycles. The number of anilines is 2. The van der Waals surface area contributed by atoms with Crippen molar-refractivity contribution in [2.24, 2.45) is 0 Å². The van der Waals surface area contributed by atoms with Crippen molar-refractivity contribution in [3.8, 4) is 0 Å². The van der Waals surface area contributed by atoms with Gasteiger partial charge in [-0.25, -0.2) is 4.98 Å². The molecule has 1 heterocycles. The lowest BCUT2D eigenvalue weighted by Gasteiger charge is -2.09. The summed E-state index contributed by atoms with van der Waals surface area (Å²) >= 11 is 0. The van der Waals surface area contributed by atoms with Crippen LogP contribution in [0.2, 0.25) is 0 Å². The molecule has 0 atom stereocenters. The third-order valence-corrected chi connectivity index (χ3v) is 2.79. The minimum absolute atomic E-state index is 0.130. The van der Waals surface area contributed by atoms with Gasteiger partial charge in [-0.3, -0.25) is 9.78 Å². The van der Waals surface area contributed by atoms with Crippen LogP contribution in [0.4, 0.5) is 11.6 Å². The zero-order valence-corrected chi connectivity index (χ0v) is 10.9. The van der Waals surface area contributed by atoms with Crippen molar-refractivity contribution in [1.82, 2.24) is 9.97 Å². The number of hydrogen-bond acceptors (Lipinski definition) is 3. The van der Waals surface area contributed by atoms with Gasteiger partial charge in [0.15, 0.2) is 0 Å². The summed E-state index contributed by atoms with van der Waals surface area (Å²) in [7, 11) is 0. The van der Waals surface area contributed by atoms with Crippen LogP contribution < -0.4 is 10.9 Å². The average Bonchev–Trinajstić information content (AvgIpc) is 2.32. The molecule has 0 radical (unpaired) electrons. The van der Waals surface area contributed by atoms with Crippen LogP contribution in [-0.4, -0.2) is 9.97 Å². The highest BCUT2D eigenvalue weighted by Crippen LogP contribution is 2.18. The van der Waals surface area contributed by atoms with Crippen molar-refractivity contribution in [1.29, 1.82) is 0 Å². The highest BCUT2D eigenvalue weighted by Gasteiger charge is 2.03. The van der Waals surface area contributed by atoms with Gasteiger partial charge in [0.25, 0.3) is 5.56 Å². The summed E-state index contributed by atoms with van der Waals surface area (Å²) in [5, 5.41) is 3.15. The molecule has 0 saturated carbocycles. The molecule has 4 heteroatoms. The maximum atomic E-state index is 11.5. The Bertz CT molecular complexity index is 617. The van der Waals surface area contributed by atoms with Crippen LogP contribution >= 0.6 is 0 Å². The van der Waals surface area contributed by atoms with Crippen LogP contribution in [0.15, 0.2) is 29.1 Å². The van der Waals surface area contributed by atoms with Gasteiger partial charge in [0.05, 0.1) is 0 Å². The number of hydrogen-bond donors (Lipinski definition) is 2. The van der Waals surface area contributed by atoms with E-state index in [-0.39, 0.29) is 5.56 Å². The largest absolute Gasteiger partial charge is 0.325 e. The Balaban J connectivity index is 2.33. The molecule has 0 fully saturated rings. The van der Waals surface area contributed by atoms with Gasteiger partial charge in [-0.15, -0.1) is 0 Å². The molecule has 0 amide bonds. The van der Waals surface area contributed by atoms with E-state index in [0.717, 1.165) is 23.4 Å². The van der Waals surface area contributed by atoms with Gasteiger partial charge in [-0.1, -0.05) is 24.6 Å². The second-order valence-corrected chi connectivity index (χ2v) is 4.38. The van der Waals surface area contributed by atoms with Gasteiger partial charge in [0.2, 0.25) is 5.95 Å². The van der Waals surface area contributed by atoms with Crippen molar-refractivity contribution in [3.05, 3.63) is 51.4 Å². The molecule has 0 aliphatic heterocycles. The lowest BCUT2D eigenvalue weighted by molar-refractivity contribution is 0.985. The van der Waals surface area contributed by atoms with E-state index in [4.69, 9.17) is 0 Å². The zero-order valence-electron chi connectivity index (χ0n) is 10.9. The topological polar surface area (TPSA) is 57.8 Å². The molecule has 2 rings (SSSR count). The number of nitrogens with zero attached hydrogens (tertiary/aromatic N) is 1. The second-order valence-electron chi connectivity index (χ2n) is 4.38. The summed E-state index contributed by atoms with van der Waals surface area (Å²) in [5.41, 5.74) is 3.94. The van der Waals surface area contributed by atoms with E-state index in [1.807, 2.05) is 26.0 Å². The van der Waals surface area contributed by atoms with Gasteiger partial charge >= 0.3 is 0 Å². The molecule has 2 N–H and O–H groups in total. The fraction of sp³-hybridized carbons (Fsp3) is 0.286. The van der Waals surface area contributed by atoms with Crippen molar-refractivity contribution in [3.63, 3.8) is 0 Å². The van der Waals surface area contributed by atoms with Crippen LogP contribution in [0.3, 0.4) is 0 Å². The van der Waals surface area contributed by atoms with Gasteiger partial charge in [-0.05, 0) is 31.9 Å². The average molecular weight is 243 g/mol. The van der Waals surface area contributed by atoms with Crippen LogP contribution in [0.25, 0.3) is 0 Å². The minimum atomic E-state index is -0.130. The molecule has 0 saturated heterocycles. The summed E-state index contributed by atoms with van der Waals surface area (Å²) in [6.45, 7) is 6.05. The minimum Gasteiger partial charge on any atom is -0.325 e. The summed E-state index contributed by atoms with van der Waals surface area (Å²) in [6, 6.07) is 7.62. The molecule has 1 aromatic carbocycles. The smallest absolute Gasteiger partial charge is 0.252 e. The van der Waals surface area contributed by atoms with Crippen LogP contribution in [-0.2, 0) is 6.42 Å². The third-order valence-electron chi connectivity index (χ3n) is 2.79. The molecule has 0 unspecified atom stereocenters. The van der Waals surface area contributed by atoms with Gasteiger partial charge in [0, 0.05) is 17.4 Å². The highest BCUT2D eigenvalue weighted by molar-refractivity contribution is 5.58. The molecule has 4 nitrogen and oxygen atoms in total. The van der Waals surface area contributed by atoms with Gasteiger partial charge in [0.1, 0.15) is 0 Å². The Morgan fingerprint density at radius 1 is 1.28 bits per heavy atom. The van der Waals surface area contributed by atoms with Crippen molar-refractivity contribution >= 4 is 11.6 Å². The fourth-order valence-electron chi connectivity index (χ4n) is 1.83. The lowest BCUT2D eigenvalue weighted by Crippen LogP contribution is -2.12. The van der Waals surface area contributed by atoms with Crippen LogP contribution in [0.1, 0.15) is 23.7 Å². The van der Waals surface area contributed by atoms with E-state index in [1.54, 1.807) is 0 Å². The summed E-state index contributed by atoms with van der Waals surface area (Å²) in [5.74, 6) is 0.492. The predicted molar refractivity (Wildman–Crippen MR) is 73.4 cm³/mol. The van der Waals surface area contributed by atoms with E-state index in [9.17, 15) is 4.79 Å². The van der Waals surface area contributed by atoms with E-state index < -0.39 is 0 Å². The maximum Gasteiger partial charge on any atom is 0.252 e. The van der Waals surface area contributed by atoms with Crippen LogP contribution in [0, 0.1) is 13.8 Å². The zero-order chi connectivity index (χ0) is 13.1. The van der Waals surface area contributed by atoms with Crippen molar-refractivity contribution in [2.45, 2.75) is 27.2 Å². The van der Waals surface area contributed by atoms with Crippen LogP contribution in [0.5, 0.6) is 0 Å². The number of rotatable bonds is 3. The number of aromatic nitrogens is 2. The van der Waals surface area contributed by atoms with Crippen molar-refractivity contribution in [2.75, 3.05) is 5.32 Å². The molecule has 2 aromatic rings. The molecule has 0 bridgehead atoms. The molecule has 0 spiro atoms. The summed E-state index contributed by atoms with van der Waals surface area (Å²) in [4.78, 5) is 18.5. The number of benzene rings is 1. The first-order valence-electron chi connectivity index (χ1n) is 6.03. The maximum absolute atomic E-state index is 11.5. The molecule has 18 heavy (non-hydrogen) atoms. The summed E-state index contributed by atoms with van der Waals surface area (Å²) < 4.78 is 0. The standard InChI is InChI=1S/C14H17N3O/c1-4-11-8-13(18)17-14(15-11)16-12-6-5-9(2)7-10(12)3/h5-8H,4H2,1-3H3,(H2,15,16,17,18). The normalized spacial score (nSPS) is 10.4. The second kappa shape index (κ2) is 5.04. The number of aromatic amines is 1. The monoisotopic (exact) mass is 243 g/mol. The molecule has 0 aliphatic carbocycles. The Labute approximate surface area is 106 Å². The predicted octanol–water partition coefficient (Wildman–Crippen LogP) is 2.69. The molecule has 94 valence electrons.